The molecule has 0 spiro atoms. The van der Waals surface area contributed by atoms with E-state index in [4.69, 9.17) is 27.9 Å². The zero-order valence-corrected chi connectivity index (χ0v) is 11.8. The number of methoxy groups -OCH3 is 1. The van der Waals surface area contributed by atoms with Crippen LogP contribution in [0.3, 0.4) is 0 Å². The van der Waals surface area contributed by atoms with Crippen LogP contribution < -0.4 is 10.2 Å². The zero-order chi connectivity index (χ0) is 12.8. The molecule has 6 heteroatoms. The highest BCUT2D eigenvalue weighted by Crippen LogP contribution is 2.30. The fraction of sp³-hybridized carbons (Fsp3) is 0.545. The summed E-state index contributed by atoms with van der Waals surface area (Å²) in [6.45, 7) is 4.08. The smallest absolute Gasteiger partial charge is 0.149 e. The number of anilines is 2. The third-order valence-electron chi connectivity index (χ3n) is 2.25. The molecule has 0 aliphatic rings. The maximum absolute atomic E-state index is 6.12. The molecule has 1 aromatic rings. The molecule has 0 saturated carbocycles. The number of aromatic nitrogens is 1. The van der Waals surface area contributed by atoms with Gasteiger partial charge < -0.3 is 15.0 Å². The van der Waals surface area contributed by atoms with Gasteiger partial charge >= 0.3 is 0 Å². The van der Waals surface area contributed by atoms with E-state index >= 15 is 0 Å². The summed E-state index contributed by atoms with van der Waals surface area (Å²) in [6, 6.07) is 1.70. The first-order chi connectivity index (χ1) is 8.10. The summed E-state index contributed by atoms with van der Waals surface area (Å²) in [5.41, 5.74) is 0. The summed E-state index contributed by atoms with van der Waals surface area (Å²) in [4.78, 5) is 6.34. The van der Waals surface area contributed by atoms with Gasteiger partial charge in [-0.3, -0.25) is 0 Å². The quantitative estimate of drug-likeness (QED) is 0.868. The summed E-state index contributed by atoms with van der Waals surface area (Å²) in [6.07, 6.45) is 0. The Kier molecular flexibility index (Phi) is 5.82. The minimum atomic E-state index is 0.528. The van der Waals surface area contributed by atoms with Gasteiger partial charge in [0.25, 0.3) is 0 Å². The van der Waals surface area contributed by atoms with Crippen molar-refractivity contribution in [3.05, 3.63) is 16.1 Å². The van der Waals surface area contributed by atoms with Gasteiger partial charge in [-0.1, -0.05) is 23.2 Å². The topological polar surface area (TPSA) is 37.4 Å². The average Bonchev–Trinajstić information content (AvgIpc) is 2.29. The Labute approximate surface area is 112 Å². The highest BCUT2D eigenvalue weighted by Gasteiger charge is 2.12. The fourth-order valence-corrected chi connectivity index (χ4v) is 1.92. The third kappa shape index (κ3) is 3.91. The Morgan fingerprint density at radius 3 is 2.71 bits per heavy atom. The lowest BCUT2D eigenvalue weighted by atomic mass is 10.4. The molecule has 0 atom stereocenters. The molecule has 0 saturated heterocycles. The molecule has 1 N–H and O–H groups in total. The van der Waals surface area contributed by atoms with Crippen LogP contribution in [0, 0.1) is 0 Å². The van der Waals surface area contributed by atoms with Crippen LogP contribution in [0.4, 0.5) is 11.6 Å². The first-order valence-corrected chi connectivity index (χ1v) is 6.15. The van der Waals surface area contributed by atoms with Crippen LogP contribution in [0.15, 0.2) is 6.07 Å². The van der Waals surface area contributed by atoms with Gasteiger partial charge in [0, 0.05) is 27.2 Å². The molecule has 0 radical (unpaired) electrons. The molecular weight excluding hydrogens is 261 g/mol. The number of hydrogen-bond donors (Lipinski definition) is 1. The summed E-state index contributed by atoms with van der Waals surface area (Å²) >= 11 is 12.2. The highest BCUT2D eigenvalue weighted by atomic mass is 35.5. The van der Waals surface area contributed by atoms with Gasteiger partial charge in [-0.05, 0) is 13.0 Å². The van der Waals surface area contributed by atoms with Crippen LogP contribution in [-0.2, 0) is 4.74 Å². The lowest BCUT2D eigenvalue weighted by molar-refractivity contribution is 0.206. The van der Waals surface area contributed by atoms with Crippen LogP contribution in [0.25, 0.3) is 0 Å². The summed E-state index contributed by atoms with van der Waals surface area (Å²) in [5, 5.41) is 4.16. The molecular formula is C11H17Cl2N3O. The van der Waals surface area contributed by atoms with Crippen molar-refractivity contribution in [1.82, 2.24) is 4.98 Å². The van der Waals surface area contributed by atoms with Gasteiger partial charge in [0.05, 0.1) is 16.7 Å². The maximum Gasteiger partial charge on any atom is 0.149 e. The molecule has 4 nitrogen and oxygen atoms in total. The normalized spacial score (nSPS) is 10.4. The number of rotatable bonds is 6. The molecule has 1 aromatic heterocycles. The fourth-order valence-electron chi connectivity index (χ4n) is 1.35. The van der Waals surface area contributed by atoms with Crippen molar-refractivity contribution >= 4 is 34.8 Å². The van der Waals surface area contributed by atoms with Crippen LogP contribution >= 0.6 is 23.2 Å². The van der Waals surface area contributed by atoms with E-state index in [0.717, 1.165) is 13.1 Å². The number of pyridine rings is 1. The van der Waals surface area contributed by atoms with Gasteiger partial charge in [-0.25, -0.2) is 4.98 Å². The Morgan fingerprint density at radius 1 is 1.41 bits per heavy atom. The number of halogens is 2. The minimum absolute atomic E-state index is 0.528. The zero-order valence-electron chi connectivity index (χ0n) is 10.3. The molecule has 0 aliphatic heterocycles. The predicted octanol–water partition coefficient (Wildman–Crippen LogP) is 2.90. The molecule has 17 heavy (non-hydrogen) atoms. The molecule has 0 bridgehead atoms. The van der Waals surface area contributed by atoms with E-state index in [1.807, 2.05) is 18.9 Å². The SMILES string of the molecule is CCNc1nc(N(C)CCOC)c(Cl)cc1Cl. The highest BCUT2D eigenvalue weighted by molar-refractivity contribution is 6.37. The van der Waals surface area contributed by atoms with Crippen LogP contribution in [0.1, 0.15) is 6.92 Å². The second kappa shape index (κ2) is 6.89. The molecule has 1 rings (SSSR count). The Morgan fingerprint density at radius 2 is 2.12 bits per heavy atom. The largest absolute Gasteiger partial charge is 0.383 e. The number of ether oxygens (including phenoxy) is 1. The molecule has 0 aromatic carbocycles. The number of likely N-dealkylation sites (N-methyl/N-ethyl adjacent to an activating group) is 1. The molecule has 0 aliphatic carbocycles. The van der Waals surface area contributed by atoms with Gasteiger partial charge in [0.1, 0.15) is 11.6 Å². The summed E-state index contributed by atoms with van der Waals surface area (Å²) in [5.74, 6) is 1.35. The van der Waals surface area contributed by atoms with Crippen LogP contribution in [0.5, 0.6) is 0 Å². The maximum atomic E-state index is 6.12. The van der Waals surface area contributed by atoms with Crippen molar-refractivity contribution in [1.29, 1.82) is 0 Å². The van der Waals surface area contributed by atoms with E-state index in [-0.39, 0.29) is 0 Å². The summed E-state index contributed by atoms with van der Waals surface area (Å²) in [7, 11) is 3.58. The van der Waals surface area contributed by atoms with Gasteiger partial charge in [-0.15, -0.1) is 0 Å². The second-order valence-corrected chi connectivity index (χ2v) is 4.38. The van der Waals surface area contributed by atoms with E-state index in [1.165, 1.54) is 0 Å². The van der Waals surface area contributed by atoms with E-state index in [2.05, 4.69) is 10.3 Å². The van der Waals surface area contributed by atoms with E-state index in [0.29, 0.717) is 28.3 Å². The van der Waals surface area contributed by atoms with Crippen molar-refractivity contribution < 1.29 is 4.74 Å². The lowest BCUT2D eigenvalue weighted by Gasteiger charge is -2.20. The predicted molar refractivity (Wildman–Crippen MR) is 73.6 cm³/mol. The van der Waals surface area contributed by atoms with E-state index in [1.54, 1.807) is 13.2 Å². The monoisotopic (exact) mass is 277 g/mol. The lowest BCUT2D eigenvalue weighted by Crippen LogP contribution is -2.23. The van der Waals surface area contributed by atoms with Crippen molar-refractivity contribution in [2.45, 2.75) is 6.92 Å². The van der Waals surface area contributed by atoms with Crippen molar-refractivity contribution in [2.75, 3.05) is 44.1 Å². The van der Waals surface area contributed by atoms with E-state index in [9.17, 15) is 0 Å². The minimum Gasteiger partial charge on any atom is -0.383 e. The molecule has 0 unspecified atom stereocenters. The van der Waals surface area contributed by atoms with Crippen molar-refractivity contribution in [3.63, 3.8) is 0 Å². The van der Waals surface area contributed by atoms with Gasteiger partial charge in [0.2, 0.25) is 0 Å². The Balaban J connectivity index is 2.93. The van der Waals surface area contributed by atoms with Crippen LogP contribution in [-0.4, -0.2) is 38.8 Å². The van der Waals surface area contributed by atoms with Crippen LogP contribution in [0.2, 0.25) is 10.0 Å². The molecule has 0 amide bonds. The first kappa shape index (κ1) is 14.4. The average molecular weight is 278 g/mol. The van der Waals surface area contributed by atoms with Gasteiger partial charge in [-0.2, -0.15) is 0 Å². The van der Waals surface area contributed by atoms with Crippen molar-refractivity contribution in [2.24, 2.45) is 0 Å². The van der Waals surface area contributed by atoms with Crippen molar-refractivity contribution in [3.8, 4) is 0 Å². The Hall–Kier alpha value is -0.710. The third-order valence-corrected chi connectivity index (χ3v) is 2.81. The van der Waals surface area contributed by atoms with E-state index < -0.39 is 0 Å². The molecule has 1 heterocycles. The molecule has 96 valence electrons. The standard InChI is InChI=1S/C11H17Cl2N3O/c1-4-14-10-8(12)7-9(13)11(15-10)16(2)5-6-17-3/h7H,4-6H2,1-3H3,(H,14,15). The number of nitrogens with one attached hydrogen (secondary N) is 1. The summed E-state index contributed by atoms with van der Waals surface area (Å²) < 4.78 is 5.02. The number of nitrogens with zero attached hydrogens (tertiary/aromatic N) is 2. The Bertz CT molecular complexity index is 374. The first-order valence-electron chi connectivity index (χ1n) is 5.40. The number of hydrogen-bond acceptors (Lipinski definition) is 4. The van der Waals surface area contributed by atoms with Gasteiger partial charge in [0.15, 0.2) is 0 Å². The molecule has 0 fully saturated rings. The second-order valence-electron chi connectivity index (χ2n) is 3.57.